The van der Waals surface area contributed by atoms with Gasteiger partial charge in [0.2, 0.25) is 0 Å². The summed E-state index contributed by atoms with van der Waals surface area (Å²) in [5.74, 6) is 2.13. The van der Waals surface area contributed by atoms with Crippen LogP contribution in [-0.4, -0.2) is 19.7 Å². The van der Waals surface area contributed by atoms with Crippen LogP contribution in [0.25, 0.3) is 0 Å². The highest BCUT2D eigenvalue weighted by atomic mass is 79.9. The molecule has 1 aromatic carbocycles. The fraction of sp³-hybridized carbons (Fsp3) is 0.600. The average molecular weight is 329 g/mol. The van der Waals surface area contributed by atoms with Gasteiger partial charge in [0.25, 0.3) is 0 Å². The molecule has 0 radical (unpaired) electrons. The zero-order valence-corrected chi connectivity index (χ0v) is 13.6. The first kappa shape index (κ1) is 16.5. The van der Waals surface area contributed by atoms with Crippen LogP contribution < -0.4 is 16.2 Å². The average Bonchev–Trinajstić information content (AvgIpc) is 2.41. The third-order valence-electron chi connectivity index (χ3n) is 3.92. The monoisotopic (exact) mass is 328 g/mol. The van der Waals surface area contributed by atoms with E-state index in [1.807, 2.05) is 13.0 Å². The molecule has 0 bridgehead atoms. The van der Waals surface area contributed by atoms with Crippen molar-refractivity contribution in [3.8, 4) is 5.75 Å². The summed E-state index contributed by atoms with van der Waals surface area (Å²) in [4.78, 5) is 0. The molecule has 0 amide bonds. The summed E-state index contributed by atoms with van der Waals surface area (Å²) in [7, 11) is 0. The molecule has 1 rings (SSSR count). The normalized spacial score (nSPS) is 14.5. The Morgan fingerprint density at radius 3 is 2.32 bits per heavy atom. The van der Waals surface area contributed by atoms with E-state index in [9.17, 15) is 0 Å². The number of nitrogens with two attached hydrogens (primary N) is 2. The number of hydrogen-bond donors (Lipinski definition) is 2. The first-order chi connectivity index (χ1) is 9.04. The second kappa shape index (κ2) is 7.88. The van der Waals surface area contributed by atoms with Crippen molar-refractivity contribution in [1.82, 2.24) is 0 Å². The molecule has 2 atom stereocenters. The smallest absolute Gasteiger partial charge is 0.133 e. The third-order valence-corrected chi connectivity index (χ3v) is 4.54. The van der Waals surface area contributed by atoms with Gasteiger partial charge in [-0.2, -0.15) is 0 Å². The fourth-order valence-electron chi connectivity index (χ4n) is 2.31. The minimum Gasteiger partial charge on any atom is -0.493 e. The van der Waals surface area contributed by atoms with Crippen molar-refractivity contribution in [2.75, 3.05) is 19.7 Å². The Morgan fingerprint density at radius 1 is 1.21 bits per heavy atom. The lowest BCUT2D eigenvalue weighted by molar-refractivity contribution is 0.326. The highest BCUT2D eigenvalue weighted by Crippen LogP contribution is 2.34. The van der Waals surface area contributed by atoms with Crippen LogP contribution in [-0.2, 0) is 0 Å². The SMILES string of the molecule is CCOc1ccc(C(C)C(C)C(CN)CN)cc1Br. The molecule has 0 aromatic heterocycles. The van der Waals surface area contributed by atoms with Crippen molar-refractivity contribution in [2.24, 2.45) is 23.3 Å². The number of benzene rings is 1. The summed E-state index contributed by atoms with van der Waals surface area (Å²) in [6.07, 6.45) is 0. The summed E-state index contributed by atoms with van der Waals surface area (Å²) in [6.45, 7) is 8.38. The van der Waals surface area contributed by atoms with Gasteiger partial charge in [-0.1, -0.05) is 19.9 Å². The second-order valence-electron chi connectivity index (χ2n) is 5.00. The molecule has 0 saturated heterocycles. The van der Waals surface area contributed by atoms with Crippen LogP contribution in [0, 0.1) is 11.8 Å². The van der Waals surface area contributed by atoms with E-state index in [1.54, 1.807) is 0 Å². The van der Waals surface area contributed by atoms with Gasteiger partial charge < -0.3 is 16.2 Å². The van der Waals surface area contributed by atoms with E-state index in [1.165, 1.54) is 5.56 Å². The van der Waals surface area contributed by atoms with Gasteiger partial charge in [-0.05, 0) is 71.4 Å². The lowest BCUT2D eigenvalue weighted by atomic mass is 9.80. The zero-order valence-electron chi connectivity index (χ0n) is 12.0. The van der Waals surface area contributed by atoms with Crippen molar-refractivity contribution in [1.29, 1.82) is 0 Å². The van der Waals surface area contributed by atoms with Gasteiger partial charge in [0.05, 0.1) is 11.1 Å². The molecule has 0 aliphatic rings. The van der Waals surface area contributed by atoms with E-state index in [-0.39, 0.29) is 0 Å². The zero-order chi connectivity index (χ0) is 14.4. The summed E-state index contributed by atoms with van der Waals surface area (Å²) in [5, 5.41) is 0. The Morgan fingerprint density at radius 2 is 1.84 bits per heavy atom. The Kier molecular flexibility index (Phi) is 6.83. The van der Waals surface area contributed by atoms with Crippen molar-refractivity contribution in [3.63, 3.8) is 0 Å². The molecule has 1 aromatic rings. The van der Waals surface area contributed by atoms with Gasteiger partial charge in [0.15, 0.2) is 0 Å². The topological polar surface area (TPSA) is 61.3 Å². The highest BCUT2D eigenvalue weighted by Gasteiger charge is 2.22. The summed E-state index contributed by atoms with van der Waals surface area (Å²) in [6, 6.07) is 6.28. The van der Waals surface area contributed by atoms with E-state index >= 15 is 0 Å². The summed E-state index contributed by atoms with van der Waals surface area (Å²) < 4.78 is 6.54. The second-order valence-corrected chi connectivity index (χ2v) is 5.86. The molecule has 2 unspecified atom stereocenters. The molecule has 0 heterocycles. The number of hydrogen-bond acceptors (Lipinski definition) is 3. The Balaban J connectivity index is 2.87. The number of ether oxygens (including phenoxy) is 1. The molecule has 3 nitrogen and oxygen atoms in total. The highest BCUT2D eigenvalue weighted by molar-refractivity contribution is 9.10. The van der Waals surface area contributed by atoms with Crippen molar-refractivity contribution in [2.45, 2.75) is 26.7 Å². The van der Waals surface area contributed by atoms with Gasteiger partial charge in [-0.15, -0.1) is 0 Å². The van der Waals surface area contributed by atoms with Crippen molar-refractivity contribution >= 4 is 15.9 Å². The minimum absolute atomic E-state index is 0.361. The number of halogens is 1. The van der Waals surface area contributed by atoms with Crippen molar-refractivity contribution in [3.05, 3.63) is 28.2 Å². The maximum absolute atomic E-state index is 5.78. The molecular formula is C15H25BrN2O. The van der Waals surface area contributed by atoms with Crippen LogP contribution in [0.4, 0.5) is 0 Å². The van der Waals surface area contributed by atoms with Gasteiger partial charge in [-0.25, -0.2) is 0 Å². The molecule has 0 aliphatic heterocycles. The molecule has 0 saturated carbocycles. The van der Waals surface area contributed by atoms with E-state index in [4.69, 9.17) is 16.2 Å². The van der Waals surface area contributed by atoms with Crippen LogP contribution >= 0.6 is 15.9 Å². The fourth-order valence-corrected chi connectivity index (χ4v) is 2.82. The predicted molar refractivity (Wildman–Crippen MR) is 84.5 cm³/mol. The van der Waals surface area contributed by atoms with Crippen molar-refractivity contribution < 1.29 is 4.74 Å². The van der Waals surface area contributed by atoms with Gasteiger partial charge in [0.1, 0.15) is 5.75 Å². The summed E-state index contributed by atoms with van der Waals surface area (Å²) in [5.41, 5.74) is 12.9. The Bertz CT molecular complexity index is 394. The number of rotatable bonds is 7. The predicted octanol–water partition coefficient (Wildman–Crippen LogP) is 3.12. The molecule has 0 aliphatic carbocycles. The summed E-state index contributed by atoms with van der Waals surface area (Å²) >= 11 is 3.56. The molecule has 0 spiro atoms. The molecule has 4 heteroatoms. The lowest BCUT2D eigenvalue weighted by Crippen LogP contribution is -2.31. The quantitative estimate of drug-likeness (QED) is 0.808. The Labute approximate surface area is 124 Å². The molecular weight excluding hydrogens is 304 g/mol. The Hall–Kier alpha value is -0.580. The van der Waals surface area contributed by atoms with E-state index in [0.717, 1.165) is 10.2 Å². The first-order valence-corrected chi connectivity index (χ1v) is 7.66. The van der Waals surface area contributed by atoms with Crippen LogP contribution in [0.15, 0.2) is 22.7 Å². The van der Waals surface area contributed by atoms with Crippen LogP contribution in [0.2, 0.25) is 0 Å². The van der Waals surface area contributed by atoms with E-state index in [0.29, 0.717) is 37.5 Å². The molecule has 19 heavy (non-hydrogen) atoms. The first-order valence-electron chi connectivity index (χ1n) is 6.87. The van der Waals surface area contributed by atoms with Gasteiger partial charge in [0, 0.05) is 0 Å². The standard InChI is InChI=1S/C15H25BrN2O/c1-4-19-15-6-5-12(7-14(15)16)10(2)11(3)13(8-17)9-18/h5-7,10-11,13H,4,8-9,17-18H2,1-3H3. The van der Waals surface area contributed by atoms with Crippen LogP contribution in [0.5, 0.6) is 5.75 Å². The molecule has 4 N–H and O–H groups in total. The molecule has 0 fully saturated rings. The third kappa shape index (κ3) is 4.20. The lowest BCUT2D eigenvalue weighted by Gasteiger charge is -2.27. The largest absolute Gasteiger partial charge is 0.493 e. The maximum atomic E-state index is 5.78. The van der Waals surface area contributed by atoms with Gasteiger partial charge in [-0.3, -0.25) is 0 Å². The van der Waals surface area contributed by atoms with Crippen LogP contribution in [0.1, 0.15) is 32.3 Å². The minimum atomic E-state index is 0.361. The van der Waals surface area contributed by atoms with Crippen LogP contribution in [0.3, 0.4) is 0 Å². The molecule has 108 valence electrons. The van der Waals surface area contributed by atoms with E-state index in [2.05, 4.69) is 41.9 Å². The van der Waals surface area contributed by atoms with Gasteiger partial charge >= 0.3 is 0 Å². The maximum Gasteiger partial charge on any atom is 0.133 e. The van der Waals surface area contributed by atoms with E-state index < -0.39 is 0 Å².